The standard InChI is InChI=1S/C12H16FNO3S/c1-2-18(16,17)11-10(12(11,14)7-15)8-3-5-9(13)6-4-8/h3-6,10-11,15H,2,7,14H2,1H3/t10-,11+,12+/m1/s1. The van der Waals surface area contributed by atoms with Crippen molar-refractivity contribution in [2.75, 3.05) is 12.4 Å². The van der Waals surface area contributed by atoms with E-state index in [1.165, 1.54) is 24.3 Å². The fourth-order valence-electron chi connectivity index (χ4n) is 2.49. The van der Waals surface area contributed by atoms with E-state index in [-0.39, 0.29) is 11.6 Å². The first-order valence-electron chi connectivity index (χ1n) is 5.73. The Balaban J connectivity index is 2.37. The Bertz CT molecular complexity index is 543. The summed E-state index contributed by atoms with van der Waals surface area (Å²) in [6.07, 6.45) is 0. The van der Waals surface area contributed by atoms with Crippen LogP contribution >= 0.6 is 0 Å². The van der Waals surface area contributed by atoms with Crippen LogP contribution < -0.4 is 5.73 Å². The van der Waals surface area contributed by atoms with Crippen molar-refractivity contribution in [1.29, 1.82) is 0 Å². The van der Waals surface area contributed by atoms with Crippen molar-refractivity contribution in [3.8, 4) is 0 Å². The second-order valence-electron chi connectivity index (χ2n) is 4.67. The molecule has 0 aliphatic heterocycles. The Morgan fingerprint density at radius 3 is 2.39 bits per heavy atom. The fraction of sp³-hybridized carbons (Fsp3) is 0.500. The summed E-state index contributed by atoms with van der Waals surface area (Å²) in [6.45, 7) is 1.14. The second-order valence-corrected chi connectivity index (χ2v) is 7.08. The van der Waals surface area contributed by atoms with Gasteiger partial charge in [-0.25, -0.2) is 12.8 Å². The molecule has 1 fully saturated rings. The Kier molecular flexibility index (Phi) is 3.21. The summed E-state index contributed by atoms with van der Waals surface area (Å²) in [6, 6.07) is 5.56. The molecule has 2 rings (SSSR count). The maximum Gasteiger partial charge on any atom is 0.155 e. The average molecular weight is 273 g/mol. The van der Waals surface area contributed by atoms with Gasteiger partial charge < -0.3 is 10.8 Å². The summed E-state index contributed by atoms with van der Waals surface area (Å²) in [5.74, 6) is -0.872. The molecule has 1 aromatic carbocycles. The van der Waals surface area contributed by atoms with Crippen LogP contribution in [0.2, 0.25) is 0 Å². The molecule has 0 unspecified atom stereocenters. The molecule has 0 heterocycles. The van der Waals surface area contributed by atoms with Gasteiger partial charge in [-0.3, -0.25) is 0 Å². The lowest BCUT2D eigenvalue weighted by Crippen LogP contribution is -2.35. The number of halogens is 1. The lowest BCUT2D eigenvalue weighted by molar-refractivity contribution is 0.253. The van der Waals surface area contributed by atoms with Crippen molar-refractivity contribution in [3.05, 3.63) is 35.6 Å². The highest BCUT2D eigenvalue weighted by Gasteiger charge is 2.68. The van der Waals surface area contributed by atoms with E-state index in [0.717, 1.165) is 0 Å². The van der Waals surface area contributed by atoms with E-state index in [1.54, 1.807) is 6.92 Å². The minimum absolute atomic E-state index is 0.0195. The molecule has 6 heteroatoms. The van der Waals surface area contributed by atoms with Crippen molar-refractivity contribution in [2.45, 2.75) is 23.6 Å². The fourth-order valence-corrected chi connectivity index (χ4v) is 4.48. The summed E-state index contributed by atoms with van der Waals surface area (Å²) in [5, 5.41) is 8.53. The van der Waals surface area contributed by atoms with E-state index in [0.29, 0.717) is 5.56 Å². The quantitative estimate of drug-likeness (QED) is 0.833. The van der Waals surface area contributed by atoms with Gasteiger partial charge in [0, 0.05) is 11.7 Å². The van der Waals surface area contributed by atoms with Crippen molar-refractivity contribution in [3.63, 3.8) is 0 Å². The number of nitrogens with two attached hydrogens (primary N) is 1. The molecule has 1 aliphatic rings. The van der Waals surface area contributed by atoms with Crippen LogP contribution in [0.5, 0.6) is 0 Å². The van der Waals surface area contributed by atoms with Crippen LogP contribution in [0.25, 0.3) is 0 Å². The predicted octanol–water partition coefficient (Wildman–Crippen LogP) is 0.416. The summed E-state index contributed by atoms with van der Waals surface area (Å²) >= 11 is 0. The molecule has 100 valence electrons. The van der Waals surface area contributed by atoms with Gasteiger partial charge in [0.25, 0.3) is 0 Å². The van der Waals surface area contributed by atoms with Crippen LogP contribution in [0, 0.1) is 5.82 Å². The van der Waals surface area contributed by atoms with Crippen LogP contribution in [0.4, 0.5) is 4.39 Å². The Labute approximate surface area is 106 Å². The van der Waals surface area contributed by atoms with Gasteiger partial charge in [0.15, 0.2) is 9.84 Å². The predicted molar refractivity (Wildman–Crippen MR) is 66.4 cm³/mol. The highest BCUT2D eigenvalue weighted by molar-refractivity contribution is 7.92. The van der Waals surface area contributed by atoms with Gasteiger partial charge in [0.1, 0.15) is 5.82 Å². The van der Waals surface area contributed by atoms with Gasteiger partial charge in [-0.05, 0) is 17.7 Å². The summed E-state index contributed by atoms with van der Waals surface area (Å²) in [7, 11) is -3.33. The molecule has 3 atom stereocenters. The summed E-state index contributed by atoms with van der Waals surface area (Å²) in [5.41, 5.74) is 5.45. The molecule has 0 bridgehead atoms. The lowest BCUT2D eigenvalue weighted by Gasteiger charge is -2.07. The van der Waals surface area contributed by atoms with Crippen LogP contribution in [0.3, 0.4) is 0 Å². The van der Waals surface area contributed by atoms with E-state index in [2.05, 4.69) is 0 Å². The van der Waals surface area contributed by atoms with Crippen molar-refractivity contribution >= 4 is 9.84 Å². The third-order valence-corrected chi connectivity index (χ3v) is 5.88. The molecule has 0 saturated heterocycles. The van der Waals surface area contributed by atoms with Gasteiger partial charge in [-0.15, -0.1) is 0 Å². The molecule has 0 spiro atoms. The number of hydrogen-bond acceptors (Lipinski definition) is 4. The first kappa shape index (κ1) is 13.5. The first-order valence-corrected chi connectivity index (χ1v) is 7.45. The van der Waals surface area contributed by atoms with Crippen molar-refractivity contribution in [2.24, 2.45) is 5.73 Å². The SMILES string of the molecule is CCS(=O)(=O)[C@H]1[C@@H](c2ccc(F)cc2)[C@@]1(N)CO. The van der Waals surface area contributed by atoms with Gasteiger partial charge >= 0.3 is 0 Å². The molecule has 1 aliphatic carbocycles. The zero-order chi connectivity index (χ0) is 13.6. The monoisotopic (exact) mass is 273 g/mol. The van der Waals surface area contributed by atoms with E-state index in [4.69, 9.17) is 5.73 Å². The lowest BCUT2D eigenvalue weighted by atomic mass is 10.1. The number of hydrogen-bond donors (Lipinski definition) is 2. The van der Waals surface area contributed by atoms with E-state index >= 15 is 0 Å². The highest BCUT2D eigenvalue weighted by Crippen LogP contribution is 2.53. The van der Waals surface area contributed by atoms with Crippen molar-refractivity contribution in [1.82, 2.24) is 0 Å². The van der Waals surface area contributed by atoms with Gasteiger partial charge in [0.05, 0.1) is 17.4 Å². The molecule has 18 heavy (non-hydrogen) atoms. The first-order chi connectivity index (χ1) is 8.36. The van der Waals surface area contributed by atoms with Crippen LogP contribution in [-0.4, -0.2) is 36.7 Å². The minimum atomic E-state index is -3.33. The molecule has 1 saturated carbocycles. The minimum Gasteiger partial charge on any atom is -0.394 e. The number of aliphatic hydroxyl groups excluding tert-OH is 1. The summed E-state index contributed by atoms with van der Waals surface area (Å²) in [4.78, 5) is 0. The number of aliphatic hydroxyl groups is 1. The van der Waals surface area contributed by atoms with E-state index in [1.807, 2.05) is 0 Å². The number of benzene rings is 1. The Morgan fingerprint density at radius 2 is 1.94 bits per heavy atom. The van der Waals surface area contributed by atoms with Gasteiger partial charge in [-0.2, -0.15) is 0 Å². The number of rotatable bonds is 4. The van der Waals surface area contributed by atoms with E-state index < -0.39 is 33.2 Å². The normalized spacial score (nSPS) is 31.3. The third-order valence-electron chi connectivity index (χ3n) is 3.59. The molecule has 4 nitrogen and oxygen atoms in total. The molecule has 0 aromatic heterocycles. The topological polar surface area (TPSA) is 80.4 Å². The largest absolute Gasteiger partial charge is 0.394 e. The molecule has 0 radical (unpaired) electrons. The van der Waals surface area contributed by atoms with E-state index in [9.17, 15) is 17.9 Å². The average Bonchev–Trinajstić information content (AvgIpc) is 2.98. The molecule has 3 N–H and O–H groups in total. The maximum atomic E-state index is 12.8. The molecule has 0 amide bonds. The smallest absolute Gasteiger partial charge is 0.155 e. The molecular weight excluding hydrogens is 257 g/mol. The van der Waals surface area contributed by atoms with Gasteiger partial charge in [-0.1, -0.05) is 19.1 Å². The summed E-state index contributed by atoms with van der Waals surface area (Å²) < 4.78 is 36.7. The Morgan fingerprint density at radius 1 is 1.39 bits per heavy atom. The zero-order valence-corrected chi connectivity index (χ0v) is 10.8. The third kappa shape index (κ3) is 1.94. The number of sulfone groups is 1. The van der Waals surface area contributed by atoms with Gasteiger partial charge in [0.2, 0.25) is 0 Å². The van der Waals surface area contributed by atoms with Crippen molar-refractivity contribution < 1.29 is 17.9 Å². The Hall–Kier alpha value is -0.980. The molecule has 1 aromatic rings. The second kappa shape index (κ2) is 4.29. The van der Waals surface area contributed by atoms with Crippen LogP contribution in [0.15, 0.2) is 24.3 Å². The maximum absolute atomic E-state index is 12.8. The van der Waals surface area contributed by atoms with Crippen LogP contribution in [0.1, 0.15) is 18.4 Å². The molecular formula is C12H16FNO3S. The zero-order valence-electron chi connectivity index (χ0n) is 10.0. The highest BCUT2D eigenvalue weighted by atomic mass is 32.2. The van der Waals surface area contributed by atoms with Crippen LogP contribution in [-0.2, 0) is 9.84 Å².